The highest BCUT2D eigenvalue weighted by molar-refractivity contribution is 6.03. The van der Waals surface area contributed by atoms with Gasteiger partial charge in [-0.1, -0.05) is 0 Å². The van der Waals surface area contributed by atoms with Crippen molar-refractivity contribution in [3.63, 3.8) is 0 Å². The first kappa shape index (κ1) is 11.3. The van der Waals surface area contributed by atoms with E-state index in [2.05, 4.69) is 10.6 Å². The monoisotopic (exact) mass is 258 g/mol. The van der Waals surface area contributed by atoms with Crippen molar-refractivity contribution in [1.29, 1.82) is 0 Å². The molecule has 2 aromatic rings. The van der Waals surface area contributed by atoms with Crippen molar-refractivity contribution in [3.05, 3.63) is 42.4 Å². The van der Waals surface area contributed by atoms with Crippen LogP contribution >= 0.6 is 0 Å². The van der Waals surface area contributed by atoms with Crippen molar-refractivity contribution < 1.29 is 18.7 Å². The second-order valence-corrected chi connectivity index (χ2v) is 3.98. The highest BCUT2D eigenvalue weighted by Gasteiger charge is 2.17. The number of fused-ring (bicyclic) bond motifs is 1. The molecule has 0 aliphatic carbocycles. The molecule has 0 fully saturated rings. The van der Waals surface area contributed by atoms with Crippen molar-refractivity contribution in [1.82, 2.24) is 0 Å². The molecule has 0 saturated heterocycles. The van der Waals surface area contributed by atoms with Crippen molar-refractivity contribution in [2.45, 2.75) is 0 Å². The first-order valence-corrected chi connectivity index (χ1v) is 5.64. The Morgan fingerprint density at radius 3 is 3.00 bits per heavy atom. The van der Waals surface area contributed by atoms with Crippen LogP contribution in [0.15, 0.2) is 41.0 Å². The van der Waals surface area contributed by atoms with E-state index in [1.807, 2.05) is 0 Å². The van der Waals surface area contributed by atoms with Crippen molar-refractivity contribution in [3.8, 4) is 5.75 Å². The maximum atomic E-state index is 11.8. The summed E-state index contributed by atoms with van der Waals surface area (Å²) in [4.78, 5) is 23.0. The maximum Gasteiger partial charge on any atom is 0.291 e. The number of ether oxygens (including phenoxy) is 1. The van der Waals surface area contributed by atoms with E-state index < -0.39 is 0 Å². The summed E-state index contributed by atoms with van der Waals surface area (Å²) in [7, 11) is 0. The van der Waals surface area contributed by atoms with E-state index >= 15 is 0 Å². The van der Waals surface area contributed by atoms with E-state index in [9.17, 15) is 9.59 Å². The summed E-state index contributed by atoms with van der Waals surface area (Å²) in [5, 5.41) is 5.34. The van der Waals surface area contributed by atoms with Gasteiger partial charge in [-0.25, -0.2) is 0 Å². The molecule has 96 valence electrons. The Morgan fingerprint density at radius 2 is 2.21 bits per heavy atom. The Bertz CT molecular complexity index is 634. The van der Waals surface area contributed by atoms with Crippen LogP contribution in [0.25, 0.3) is 0 Å². The molecule has 2 heterocycles. The van der Waals surface area contributed by atoms with Gasteiger partial charge in [-0.15, -0.1) is 0 Å². The molecule has 6 nitrogen and oxygen atoms in total. The van der Waals surface area contributed by atoms with Crippen LogP contribution in [0.1, 0.15) is 10.6 Å². The minimum Gasteiger partial charge on any atom is -0.482 e. The van der Waals surface area contributed by atoms with E-state index in [-0.39, 0.29) is 24.2 Å². The smallest absolute Gasteiger partial charge is 0.291 e. The van der Waals surface area contributed by atoms with Gasteiger partial charge in [0.2, 0.25) is 0 Å². The largest absolute Gasteiger partial charge is 0.482 e. The molecule has 2 amide bonds. The molecule has 0 bridgehead atoms. The van der Waals surface area contributed by atoms with Gasteiger partial charge in [0.25, 0.3) is 11.8 Å². The molecule has 0 unspecified atom stereocenters. The zero-order chi connectivity index (χ0) is 13.2. The molecular weight excluding hydrogens is 248 g/mol. The van der Waals surface area contributed by atoms with Gasteiger partial charge in [-0.3, -0.25) is 9.59 Å². The lowest BCUT2D eigenvalue weighted by atomic mass is 10.2. The molecule has 1 aromatic heterocycles. The Labute approximate surface area is 108 Å². The number of furan rings is 1. The first-order valence-electron chi connectivity index (χ1n) is 5.64. The number of nitrogens with one attached hydrogen (secondary N) is 2. The number of benzene rings is 1. The highest BCUT2D eigenvalue weighted by atomic mass is 16.5. The average molecular weight is 258 g/mol. The summed E-state index contributed by atoms with van der Waals surface area (Å²) >= 11 is 0. The second kappa shape index (κ2) is 4.49. The molecule has 1 aromatic carbocycles. The summed E-state index contributed by atoms with van der Waals surface area (Å²) in [5.74, 6) is 0.226. The molecule has 1 aliphatic rings. The number of amides is 2. The van der Waals surface area contributed by atoms with E-state index in [1.165, 1.54) is 6.26 Å². The quantitative estimate of drug-likeness (QED) is 0.861. The highest BCUT2D eigenvalue weighted by Crippen LogP contribution is 2.30. The Morgan fingerprint density at radius 1 is 1.32 bits per heavy atom. The zero-order valence-electron chi connectivity index (χ0n) is 9.80. The summed E-state index contributed by atoms with van der Waals surface area (Å²) in [6.07, 6.45) is 1.43. The van der Waals surface area contributed by atoms with Crippen LogP contribution in [0, 0.1) is 0 Å². The summed E-state index contributed by atoms with van der Waals surface area (Å²) in [6, 6.07) is 8.21. The van der Waals surface area contributed by atoms with Crippen molar-refractivity contribution in [2.75, 3.05) is 17.2 Å². The second-order valence-electron chi connectivity index (χ2n) is 3.98. The summed E-state index contributed by atoms with van der Waals surface area (Å²) in [6.45, 7) is 0.00506. The fraction of sp³-hybridized carbons (Fsp3) is 0.0769. The van der Waals surface area contributed by atoms with Crippen LogP contribution < -0.4 is 15.4 Å². The Hall–Kier alpha value is -2.76. The SMILES string of the molecule is O=C1COc2ccc(NC(=O)c3ccco3)cc2N1. The van der Waals surface area contributed by atoms with Gasteiger partial charge in [-0.2, -0.15) is 0 Å². The number of hydrogen-bond donors (Lipinski definition) is 2. The Kier molecular flexibility index (Phi) is 2.68. The lowest BCUT2D eigenvalue weighted by Gasteiger charge is -2.18. The maximum absolute atomic E-state index is 11.8. The lowest BCUT2D eigenvalue weighted by molar-refractivity contribution is -0.118. The van der Waals surface area contributed by atoms with Gasteiger partial charge in [0, 0.05) is 5.69 Å². The van der Waals surface area contributed by atoms with E-state index in [0.29, 0.717) is 17.1 Å². The third-order valence-electron chi connectivity index (χ3n) is 2.62. The van der Waals surface area contributed by atoms with Gasteiger partial charge < -0.3 is 19.8 Å². The number of carbonyl (C=O) groups is 2. The van der Waals surface area contributed by atoms with Gasteiger partial charge in [0.05, 0.1) is 12.0 Å². The molecule has 0 spiro atoms. The van der Waals surface area contributed by atoms with Crippen molar-refractivity contribution in [2.24, 2.45) is 0 Å². The normalized spacial score (nSPS) is 13.2. The summed E-state index contributed by atoms with van der Waals surface area (Å²) < 4.78 is 10.2. The van der Waals surface area contributed by atoms with Gasteiger partial charge in [-0.05, 0) is 30.3 Å². The number of hydrogen-bond acceptors (Lipinski definition) is 4. The van der Waals surface area contributed by atoms with E-state index in [4.69, 9.17) is 9.15 Å². The molecular formula is C13H10N2O4. The molecule has 1 aliphatic heterocycles. The topological polar surface area (TPSA) is 80.6 Å². The average Bonchev–Trinajstić information content (AvgIpc) is 2.92. The van der Waals surface area contributed by atoms with Crippen LogP contribution in [0.5, 0.6) is 5.75 Å². The predicted molar refractivity (Wildman–Crippen MR) is 67.2 cm³/mol. The minimum atomic E-state index is -0.354. The molecule has 19 heavy (non-hydrogen) atoms. The number of rotatable bonds is 2. The molecule has 0 saturated carbocycles. The van der Waals surface area contributed by atoms with Crippen molar-refractivity contribution >= 4 is 23.2 Å². The summed E-state index contributed by atoms with van der Waals surface area (Å²) in [5.41, 5.74) is 1.08. The number of carbonyl (C=O) groups excluding carboxylic acids is 2. The predicted octanol–water partition coefficient (Wildman–Crippen LogP) is 1.86. The third-order valence-corrected chi connectivity index (χ3v) is 2.62. The molecule has 2 N–H and O–H groups in total. The van der Waals surface area contributed by atoms with Gasteiger partial charge in [0.1, 0.15) is 5.75 Å². The van der Waals surface area contributed by atoms with Crippen LogP contribution in [-0.4, -0.2) is 18.4 Å². The molecule has 3 rings (SSSR count). The minimum absolute atomic E-state index is 0.00506. The van der Waals surface area contributed by atoms with Crippen LogP contribution in [0.3, 0.4) is 0 Å². The lowest BCUT2D eigenvalue weighted by Crippen LogP contribution is -2.25. The fourth-order valence-electron chi connectivity index (χ4n) is 1.76. The molecule has 0 atom stereocenters. The van der Waals surface area contributed by atoms with Gasteiger partial charge in [0.15, 0.2) is 12.4 Å². The van der Waals surface area contributed by atoms with Crippen LogP contribution in [0.2, 0.25) is 0 Å². The molecule has 6 heteroatoms. The third kappa shape index (κ3) is 2.28. The van der Waals surface area contributed by atoms with E-state index in [0.717, 1.165) is 0 Å². The van der Waals surface area contributed by atoms with E-state index in [1.54, 1.807) is 30.3 Å². The van der Waals surface area contributed by atoms with Crippen LogP contribution in [-0.2, 0) is 4.79 Å². The molecule has 0 radical (unpaired) electrons. The fourth-order valence-corrected chi connectivity index (χ4v) is 1.76. The van der Waals surface area contributed by atoms with Crippen LogP contribution in [0.4, 0.5) is 11.4 Å². The van der Waals surface area contributed by atoms with Gasteiger partial charge >= 0.3 is 0 Å². The standard InChI is InChI=1S/C13H10N2O4/c16-12-7-19-10-4-3-8(6-9(10)15-12)14-13(17)11-2-1-5-18-11/h1-6H,7H2,(H,14,17)(H,15,16). The number of anilines is 2. The Balaban J connectivity index is 1.81. The first-order chi connectivity index (χ1) is 9.22. The zero-order valence-corrected chi connectivity index (χ0v) is 9.80.